The van der Waals surface area contributed by atoms with Crippen molar-refractivity contribution >= 4 is 0 Å². The van der Waals surface area contributed by atoms with Gasteiger partial charge in [-0.05, 0) is 25.7 Å². The fourth-order valence-electron chi connectivity index (χ4n) is 1.10. The van der Waals surface area contributed by atoms with E-state index in [9.17, 15) is 0 Å². The Balaban J connectivity index is 0. The minimum atomic E-state index is 0.718. The minimum Gasteiger partial charge on any atom is -0.103 e. The fourth-order valence-corrected chi connectivity index (χ4v) is 1.10. The zero-order valence-electron chi connectivity index (χ0n) is 10.6. The van der Waals surface area contributed by atoms with Gasteiger partial charge in [-0.1, -0.05) is 58.3 Å². The average Bonchev–Trinajstić information content (AvgIpc) is 2.13. The van der Waals surface area contributed by atoms with Crippen molar-refractivity contribution in [3.63, 3.8) is 0 Å². The van der Waals surface area contributed by atoms with E-state index >= 15 is 0 Å². The summed E-state index contributed by atoms with van der Waals surface area (Å²) >= 11 is 0. The highest BCUT2D eigenvalue weighted by molar-refractivity contribution is 4.79. The molecule has 0 saturated heterocycles. The molecule has 0 saturated carbocycles. The van der Waals surface area contributed by atoms with Crippen LogP contribution in [0.3, 0.4) is 0 Å². The van der Waals surface area contributed by atoms with Crippen LogP contribution in [0.4, 0.5) is 0 Å². The van der Waals surface area contributed by atoms with Gasteiger partial charge in [0.15, 0.2) is 0 Å². The zero-order valence-corrected chi connectivity index (χ0v) is 10.6. The quantitative estimate of drug-likeness (QED) is 0.396. The van der Waals surface area contributed by atoms with Gasteiger partial charge in [0.1, 0.15) is 0 Å². The lowest BCUT2D eigenvalue weighted by Gasteiger charge is -1.91. The van der Waals surface area contributed by atoms with E-state index in [0.717, 1.165) is 5.92 Å². The molecular weight excluding hydrogens is 168 g/mol. The molecule has 0 unspecified atom stereocenters. The molecule has 0 aliphatic carbocycles. The Bertz CT molecular complexity index is 120. The molecule has 0 aliphatic heterocycles. The first-order chi connectivity index (χ1) is 6.68. The van der Waals surface area contributed by atoms with E-state index < -0.39 is 0 Å². The highest BCUT2D eigenvalue weighted by atomic mass is 13.9. The van der Waals surface area contributed by atoms with Crippen LogP contribution in [0.25, 0.3) is 0 Å². The summed E-state index contributed by atoms with van der Waals surface area (Å²) in [6, 6.07) is 0. The van der Waals surface area contributed by atoms with Crippen molar-refractivity contribution in [2.45, 2.75) is 59.8 Å². The highest BCUT2D eigenvalue weighted by Crippen LogP contribution is 2.01. The standard InChI is InChI=1S/C8H16.C6H12/c1-3-5-7-8-6-4-2;1-4-5-6(2)3/h3H,1,4-8H2,2H3;4-6H,1-3H3. The molecule has 84 valence electrons. The normalized spacial score (nSPS) is 10.1. The summed E-state index contributed by atoms with van der Waals surface area (Å²) in [5.74, 6) is 0.718. The van der Waals surface area contributed by atoms with Crippen molar-refractivity contribution in [2.75, 3.05) is 0 Å². The van der Waals surface area contributed by atoms with Crippen LogP contribution in [-0.4, -0.2) is 0 Å². The molecule has 0 spiro atoms. The maximum absolute atomic E-state index is 3.66. The molecule has 0 heterocycles. The van der Waals surface area contributed by atoms with Crippen LogP contribution in [-0.2, 0) is 0 Å². The Hall–Kier alpha value is -0.520. The largest absolute Gasteiger partial charge is 0.103 e. The van der Waals surface area contributed by atoms with E-state index in [1.165, 1.54) is 32.1 Å². The first-order valence-electron chi connectivity index (χ1n) is 5.92. The van der Waals surface area contributed by atoms with Crippen LogP contribution in [0.5, 0.6) is 0 Å². The summed E-state index contributed by atoms with van der Waals surface area (Å²) in [5, 5.41) is 0. The van der Waals surface area contributed by atoms with Crippen molar-refractivity contribution in [2.24, 2.45) is 5.92 Å². The lowest BCUT2D eigenvalue weighted by Crippen LogP contribution is -1.73. The second-order valence-corrected chi connectivity index (χ2v) is 3.91. The highest BCUT2D eigenvalue weighted by Gasteiger charge is 1.81. The second-order valence-electron chi connectivity index (χ2n) is 3.91. The SMILES string of the molecule is C=CCCCCCC.CC=CC(C)C. The predicted molar refractivity (Wildman–Crippen MR) is 68.6 cm³/mol. The predicted octanol–water partition coefficient (Wildman–Crippen LogP) is 5.36. The third-order valence-corrected chi connectivity index (χ3v) is 1.84. The molecule has 0 aromatic heterocycles. The van der Waals surface area contributed by atoms with Crippen LogP contribution in [0.15, 0.2) is 24.8 Å². The second kappa shape index (κ2) is 15.0. The zero-order chi connectivity index (χ0) is 11.2. The van der Waals surface area contributed by atoms with E-state index in [1.807, 2.05) is 13.0 Å². The molecule has 0 amide bonds. The molecule has 0 aromatic carbocycles. The molecule has 0 N–H and O–H groups in total. The molecule has 0 fully saturated rings. The number of hydrogen-bond donors (Lipinski definition) is 0. The number of unbranched alkanes of at least 4 members (excludes halogenated alkanes) is 4. The molecule has 0 atom stereocenters. The van der Waals surface area contributed by atoms with Gasteiger partial charge in [0.25, 0.3) is 0 Å². The van der Waals surface area contributed by atoms with Gasteiger partial charge in [-0.3, -0.25) is 0 Å². The number of allylic oxidation sites excluding steroid dienone is 3. The smallest absolute Gasteiger partial charge is 0.0291 e. The maximum Gasteiger partial charge on any atom is -0.0291 e. The summed E-state index contributed by atoms with van der Waals surface area (Å²) < 4.78 is 0. The number of hydrogen-bond acceptors (Lipinski definition) is 0. The van der Waals surface area contributed by atoms with E-state index in [1.54, 1.807) is 0 Å². The van der Waals surface area contributed by atoms with Gasteiger partial charge in [-0.15, -0.1) is 6.58 Å². The third kappa shape index (κ3) is 22.5. The topological polar surface area (TPSA) is 0 Å². The van der Waals surface area contributed by atoms with Crippen LogP contribution in [0.1, 0.15) is 59.8 Å². The van der Waals surface area contributed by atoms with Crippen LogP contribution >= 0.6 is 0 Å². The molecular formula is C14H28. The molecule has 0 nitrogen and oxygen atoms in total. The van der Waals surface area contributed by atoms with Crippen molar-refractivity contribution in [1.29, 1.82) is 0 Å². The lowest BCUT2D eigenvalue weighted by atomic mass is 10.2. The van der Waals surface area contributed by atoms with Gasteiger partial charge in [0.2, 0.25) is 0 Å². The van der Waals surface area contributed by atoms with Gasteiger partial charge in [0.05, 0.1) is 0 Å². The van der Waals surface area contributed by atoms with E-state index in [0.29, 0.717) is 0 Å². The van der Waals surface area contributed by atoms with Gasteiger partial charge in [0, 0.05) is 0 Å². The Morgan fingerprint density at radius 2 is 1.79 bits per heavy atom. The van der Waals surface area contributed by atoms with Crippen molar-refractivity contribution < 1.29 is 0 Å². The third-order valence-electron chi connectivity index (χ3n) is 1.84. The van der Waals surface area contributed by atoms with Gasteiger partial charge in [-0.2, -0.15) is 0 Å². The lowest BCUT2D eigenvalue weighted by molar-refractivity contribution is 0.675. The van der Waals surface area contributed by atoms with Gasteiger partial charge >= 0.3 is 0 Å². The molecule has 0 rings (SSSR count). The molecule has 0 radical (unpaired) electrons. The van der Waals surface area contributed by atoms with Crippen LogP contribution < -0.4 is 0 Å². The Labute approximate surface area is 91.1 Å². The molecule has 0 bridgehead atoms. The van der Waals surface area contributed by atoms with Crippen molar-refractivity contribution in [3.8, 4) is 0 Å². The average molecular weight is 196 g/mol. The Kier molecular flexibility index (Phi) is 17.0. The van der Waals surface area contributed by atoms with Gasteiger partial charge < -0.3 is 0 Å². The van der Waals surface area contributed by atoms with E-state index in [2.05, 4.69) is 39.5 Å². The Morgan fingerprint density at radius 1 is 1.14 bits per heavy atom. The summed E-state index contributed by atoms with van der Waals surface area (Å²) in [4.78, 5) is 0. The molecule has 0 aliphatic rings. The van der Waals surface area contributed by atoms with Crippen LogP contribution in [0.2, 0.25) is 0 Å². The van der Waals surface area contributed by atoms with E-state index in [4.69, 9.17) is 0 Å². The van der Waals surface area contributed by atoms with Crippen molar-refractivity contribution in [1.82, 2.24) is 0 Å². The Morgan fingerprint density at radius 3 is 2.07 bits per heavy atom. The van der Waals surface area contributed by atoms with Gasteiger partial charge in [-0.25, -0.2) is 0 Å². The van der Waals surface area contributed by atoms with E-state index in [-0.39, 0.29) is 0 Å². The maximum atomic E-state index is 3.66. The summed E-state index contributed by atoms with van der Waals surface area (Å²) in [6.07, 6.45) is 12.9. The van der Waals surface area contributed by atoms with Crippen LogP contribution in [0, 0.1) is 5.92 Å². The molecule has 0 aromatic rings. The summed E-state index contributed by atoms with van der Waals surface area (Å²) in [5.41, 5.74) is 0. The fraction of sp³-hybridized carbons (Fsp3) is 0.714. The number of rotatable bonds is 6. The first kappa shape index (κ1) is 15.9. The molecule has 14 heavy (non-hydrogen) atoms. The summed E-state index contributed by atoms with van der Waals surface area (Å²) in [7, 11) is 0. The monoisotopic (exact) mass is 196 g/mol. The molecule has 0 heteroatoms. The van der Waals surface area contributed by atoms with Crippen molar-refractivity contribution in [3.05, 3.63) is 24.8 Å². The summed E-state index contributed by atoms with van der Waals surface area (Å²) in [6.45, 7) is 12.3. The minimum absolute atomic E-state index is 0.718. The first-order valence-corrected chi connectivity index (χ1v) is 5.92.